The molecule has 0 spiro atoms. The maximum Gasteiger partial charge on any atom is 0.257 e. The second-order valence-corrected chi connectivity index (χ2v) is 6.06. The van der Waals surface area contributed by atoms with E-state index in [0.717, 1.165) is 32.0 Å². The standard InChI is InChI=1S/C16H23ClN2O2/c1-19-10-7-13(8-11-19)6-9-18-16(20)12-21-15-4-2-14(17)3-5-15/h2-5,13H,6-12H2,1H3,(H,18,20). The van der Waals surface area contributed by atoms with Gasteiger partial charge in [0.25, 0.3) is 5.91 Å². The number of nitrogens with zero attached hydrogens (tertiary/aromatic N) is 1. The zero-order valence-corrected chi connectivity index (χ0v) is 13.2. The highest BCUT2D eigenvalue weighted by Crippen LogP contribution is 2.18. The highest BCUT2D eigenvalue weighted by atomic mass is 35.5. The second-order valence-electron chi connectivity index (χ2n) is 5.63. The van der Waals surface area contributed by atoms with E-state index in [1.54, 1.807) is 24.3 Å². The molecule has 1 amide bonds. The summed E-state index contributed by atoms with van der Waals surface area (Å²) in [4.78, 5) is 14.1. The van der Waals surface area contributed by atoms with E-state index in [4.69, 9.17) is 16.3 Å². The number of rotatable bonds is 6. The molecule has 1 saturated heterocycles. The first kappa shape index (κ1) is 16.1. The lowest BCUT2D eigenvalue weighted by atomic mass is 9.94. The number of carbonyl (C=O) groups is 1. The number of ether oxygens (including phenoxy) is 1. The summed E-state index contributed by atoms with van der Waals surface area (Å²) in [5, 5.41) is 3.58. The molecule has 0 unspecified atom stereocenters. The van der Waals surface area contributed by atoms with Crippen LogP contribution in [0.5, 0.6) is 5.75 Å². The summed E-state index contributed by atoms with van der Waals surface area (Å²) in [6.07, 6.45) is 3.52. The molecule has 4 nitrogen and oxygen atoms in total. The molecule has 1 fully saturated rings. The first-order valence-corrected chi connectivity index (χ1v) is 7.85. The maximum absolute atomic E-state index is 11.7. The van der Waals surface area contributed by atoms with Gasteiger partial charge < -0.3 is 15.0 Å². The fourth-order valence-electron chi connectivity index (χ4n) is 2.50. The van der Waals surface area contributed by atoms with E-state index in [0.29, 0.717) is 10.8 Å². The lowest BCUT2D eigenvalue weighted by Gasteiger charge is -2.28. The molecule has 0 atom stereocenters. The Hall–Kier alpha value is -1.26. The molecule has 1 heterocycles. The third-order valence-corrected chi connectivity index (χ3v) is 4.15. The highest BCUT2D eigenvalue weighted by Gasteiger charge is 2.16. The van der Waals surface area contributed by atoms with Gasteiger partial charge in [-0.3, -0.25) is 4.79 Å². The first-order chi connectivity index (χ1) is 10.1. The van der Waals surface area contributed by atoms with Crippen molar-refractivity contribution < 1.29 is 9.53 Å². The van der Waals surface area contributed by atoms with Gasteiger partial charge in [0.2, 0.25) is 0 Å². The van der Waals surface area contributed by atoms with E-state index < -0.39 is 0 Å². The molecule has 116 valence electrons. The van der Waals surface area contributed by atoms with Crippen molar-refractivity contribution in [1.82, 2.24) is 10.2 Å². The molecule has 5 heteroatoms. The van der Waals surface area contributed by atoms with Gasteiger partial charge in [-0.15, -0.1) is 0 Å². The summed E-state index contributed by atoms with van der Waals surface area (Å²) in [5.41, 5.74) is 0. The number of amides is 1. The summed E-state index contributed by atoms with van der Waals surface area (Å²) in [5.74, 6) is 1.32. The average molecular weight is 311 g/mol. The van der Waals surface area contributed by atoms with Gasteiger partial charge in [-0.2, -0.15) is 0 Å². The monoisotopic (exact) mass is 310 g/mol. The Morgan fingerprint density at radius 1 is 1.33 bits per heavy atom. The Morgan fingerprint density at radius 2 is 2.00 bits per heavy atom. The molecular formula is C16H23ClN2O2. The van der Waals surface area contributed by atoms with Gasteiger partial charge in [0.15, 0.2) is 6.61 Å². The Bertz CT molecular complexity index is 442. The summed E-state index contributed by atoms with van der Waals surface area (Å²) in [6, 6.07) is 7.01. The maximum atomic E-state index is 11.7. The third kappa shape index (κ3) is 5.94. The van der Waals surface area contributed by atoms with Crippen LogP contribution in [0.2, 0.25) is 5.02 Å². The van der Waals surface area contributed by atoms with Gasteiger partial charge in [-0.05, 0) is 69.6 Å². The van der Waals surface area contributed by atoms with E-state index in [1.165, 1.54) is 12.8 Å². The molecule has 0 aromatic heterocycles. The predicted octanol–water partition coefficient (Wildman–Crippen LogP) is 2.57. The van der Waals surface area contributed by atoms with Crippen LogP contribution in [-0.4, -0.2) is 44.1 Å². The van der Waals surface area contributed by atoms with Crippen molar-refractivity contribution in [3.63, 3.8) is 0 Å². The topological polar surface area (TPSA) is 41.6 Å². The van der Waals surface area contributed by atoms with Crippen molar-refractivity contribution in [1.29, 1.82) is 0 Å². The smallest absolute Gasteiger partial charge is 0.257 e. The van der Waals surface area contributed by atoms with Gasteiger partial charge in [0.05, 0.1) is 0 Å². The van der Waals surface area contributed by atoms with Crippen molar-refractivity contribution in [2.45, 2.75) is 19.3 Å². The predicted molar refractivity (Wildman–Crippen MR) is 84.8 cm³/mol. The molecular weight excluding hydrogens is 288 g/mol. The fourth-order valence-corrected chi connectivity index (χ4v) is 2.62. The summed E-state index contributed by atoms with van der Waals surface area (Å²) in [6.45, 7) is 3.11. The number of nitrogens with one attached hydrogen (secondary N) is 1. The number of hydrogen-bond donors (Lipinski definition) is 1. The van der Waals surface area contributed by atoms with Crippen LogP contribution in [0.1, 0.15) is 19.3 Å². The number of likely N-dealkylation sites (tertiary alicyclic amines) is 1. The molecule has 21 heavy (non-hydrogen) atoms. The van der Waals surface area contributed by atoms with Crippen LogP contribution in [-0.2, 0) is 4.79 Å². The quantitative estimate of drug-likeness (QED) is 0.878. The van der Waals surface area contributed by atoms with E-state index in [-0.39, 0.29) is 12.5 Å². The summed E-state index contributed by atoms with van der Waals surface area (Å²) in [7, 11) is 2.16. The SMILES string of the molecule is CN1CCC(CCNC(=O)COc2ccc(Cl)cc2)CC1. The third-order valence-electron chi connectivity index (χ3n) is 3.90. The van der Waals surface area contributed by atoms with E-state index >= 15 is 0 Å². The minimum absolute atomic E-state index is 0.0506. The van der Waals surface area contributed by atoms with Crippen molar-refractivity contribution in [2.75, 3.05) is 33.3 Å². The lowest BCUT2D eigenvalue weighted by molar-refractivity contribution is -0.123. The highest BCUT2D eigenvalue weighted by molar-refractivity contribution is 6.30. The average Bonchev–Trinajstić information content (AvgIpc) is 2.49. The molecule has 0 aliphatic carbocycles. The first-order valence-electron chi connectivity index (χ1n) is 7.47. The molecule has 1 aliphatic rings. The molecule has 1 N–H and O–H groups in total. The minimum Gasteiger partial charge on any atom is -0.484 e. The van der Waals surface area contributed by atoms with Crippen molar-refractivity contribution in [2.24, 2.45) is 5.92 Å². The van der Waals surface area contributed by atoms with E-state index in [2.05, 4.69) is 17.3 Å². The van der Waals surface area contributed by atoms with Crippen LogP contribution >= 0.6 is 11.6 Å². The number of benzene rings is 1. The van der Waals surface area contributed by atoms with Crippen LogP contribution in [0.3, 0.4) is 0 Å². The van der Waals surface area contributed by atoms with Crippen molar-refractivity contribution >= 4 is 17.5 Å². The number of carbonyl (C=O) groups excluding carboxylic acids is 1. The van der Waals surface area contributed by atoms with Gasteiger partial charge >= 0.3 is 0 Å². The number of halogens is 1. The molecule has 1 aliphatic heterocycles. The van der Waals surface area contributed by atoms with Crippen molar-refractivity contribution in [3.8, 4) is 5.75 Å². The summed E-state index contributed by atoms with van der Waals surface area (Å²) >= 11 is 5.79. The van der Waals surface area contributed by atoms with E-state index in [1.807, 2.05) is 0 Å². The minimum atomic E-state index is -0.0714. The number of hydrogen-bond acceptors (Lipinski definition) is 3. The fraction of sp³-hybridized carbons (Fsp3) is 0.562. The van der Waals surface area contributed by atoms with Gasteiger partial charge in [0.1, 0.15) is 5.75 Å². The van der Waals surface area contributed by atoms with Crippen LogP contribution in [0.25, 0.3) is 0 Å². The molecule has 0 bridgehead atoms. The number of piperidine rings is 1. The summed E-state index contributed by atoms with van der Waals surface area (Å²) < 4.78 is 5.40. The zero-order chi connectivity index (χ0) is 15.1. The van der Waals surface area contributed by atoms with Gasteiger partial charge in [0, 0.05) is 11.6 Å². The molecule has 1 aromatic rings. The van der Waals surface area contributed by atoms with Crippen LogP contribution in [0.15, 0.2) is 24.3 Å². The molecule has 1 aromatic carbocycles. The van der Waals surface area contributed by atoms with E-state index in [9.17, 15) is 4.79 Å². The second kappa shape index (κ2) is 8.25. The molecule has 2 rings (SSSR count). The Balaban J connectivity index is 1.58. The largest absolute Gasteiger partial charge is 0.484 e. The normalized spacial score (nSPS) is 16.7. The van der Waals surface area contributed by atoms with Crippen LogP contribution in [0, 0.1) is 5.92 Å². The van der Waals surface area contributed by atoms with Crippen LogP contribution in [0.4, 0.5) is 0 Å². The molecule has 0 radical (unpaired) electrons. The van der Waals surface area contributed by atoms with Crippen LogP contribution < -0.4 is 10.1 Å². The van der Waals surface area contributed by atoms with Gasteiger partial charge in [-0.1, -0.05) is 11.6 Å². The lowest BCUT2D eigenvalue weighted by Crippen LogP contribution is -2.34. The van der Waals surface area contributed by atoms with Crippen molar-refractivity contribution in [3.05, 3.63) is 29.3 Å². The Labute approximate surface area is 131 Å². The zero-order valence-electron chi connectivity index (χ0n) is 12.5. The molecule has 0 saturated carbocycles. The van der Waals surface area contributed by atoms with Gasteiger partial charge in [-0.25, -0.2) is 0 Å². The Kier molecular flexibility index (Phi) is 6.33. The Morgan fingerprint density at radius 3 is 2.67 bits per heavy atom.